The fraction of sp³-hybridized carbons (Fsp3) is 0.103. The monoisotopic (exact) mass is 558 g/mol. The van der Waals surface area contributed by atoms with Crippen molar-refractivity contribution in [3.05, 3.63) is 130 Å². The third-order valence-electron chi connectivity index (χ3n) is 6.34. The van der Waals surface area contributed by atoms with Gasteiger partial charge in [0.1, 0.15) is 5.60 Å². The van der Waals surface area contributed by atoms with Crippen LogP contribution < -0.4 is 0 Å². The topological polar surface area (TPSA) is 46.0 Å². The molecule has 0 spiro atoms. The third kappa shape index (κ3) is 4.84. The standard InChI is InChI=1S/C29H17ClF6N2O/c30-21-10-4-8-18(14-21)27(39,20-9-5-13-37-16-20)19-11-12-23-22(15-19)25(28(31,32)33)24(17-6-2-1-3-7-17)26(38-23)29(34,35)36/h1-16,39H. The fourth-order valence-electron chi connectivity index (χ4n) is 4.66. The van der Waals surface area contributed by atoms with Gasteiger partial charge in [-0.05, 0) is 47.0 Å². The quantitative estimate of drug-likeness (QED) is 0.226. The maximum Gasteiger partial charge on any atom is 0.433 e. The Hall–Kier alpha value is -3.95. The first-order chi connectivity index (χ1) is 18.4. The van der Waals surface area contributed by atoms with Gasteiger partial charge in [-0.15, -0.1) is 0 Å². The number of fused-ring (bicyclic) bond motifs is 1. The van der Waals surface area contributed by atoms with Gasteiger partial charge in [-0.3, -0.25) is 4.98 Å². The van der Waals surface area contributed by atoms with E-state index in [-0.39, 0.29) is 27.3 Å². The lowest BCUT2D eigenvalue weighted by molar-refractivity contribution is -0.143. The summed E-state index contributed by atoms with van der Waals surface area (Å²) in [5.41, 5.74) is -6.74. The summed E-state index contributed by atoms with van der Waals surface area (Å²) < 4.78 is 86.3. The second-order valence-electron chi connectivity index (χ2n) is 8.77. The summed E-state index contributed by atoms with van der Waals surface area (Å²) in [5.74, 6) is 0. The molecule has 3 nitrogen and oxygen atoms in total. The molecule has 2 aromatic heterocycles. The smallest absolute Gasteiger partial charge is 0.376 e. The van der Waals surface area contributed by atoms with E-state index in [1.807, 2.05) is 0 Å². The molecule has 0 aliphatic rings. The van der Waals surface area contributed by atoms with Crippen molar-refractivity contribution in [2.45, 2.75) is 18.0 Å². The average molecular weight is 559 g/mol. The predicted octanol–water partition coefficient (Wildman–Crippen LogP) is 8.27. The zero-order valence-electron chi connectivity index (χ0n) is 19.7. The van der Waals surface area contributed by atoms with Crippen molar-refractivity contribution in [2.75, 3.05) is 0 Å². The van der Waals surface area contributed by atoms with Gasteiger partial charge in [0.15, 0.2) is 5.69 Å². The van der Waals surface area contributed by atoms with Crippen LogP contribution in [0.1, 0.15) is 27.9 Å². The lowest BCUT2D eigenvalue weighted by Crippen LogP contribution is -2.29. The number of alkyl halides is 6. The lowest BCUT2D eigenvalue weighted by atomic mass is 9.80. The van der Waals surface area contributed by atoms with Crippen LogP contribution in [0.5, 0.6) is 0 Å². The highest BCUT2D eigenvalue weighted by molar-refractivity contribution is 6.30. The van der Waals surface area contributed by atoms with Crippen molar-refractivity contribution in [1.29, 1.82) is 0 Å². The summed E-state index contributed by atoms with van der Waals surface area (Å²) >= 11 is 6.16. The number of nitrogens with zero attached hydrogens (tertiary/aromatic N) is 2. The second kappa shape index (κ2) is 9.66. The molecule has 1 atom stereocenters. The second-order valence-corrected chi connectivity index (χ2v) is 9.20. The van der Waals surface area contributed by atoms with Gasteiger partial charge in [0.05, 0.1) is 11.1 Å². The number of hydrogen-bond donors (Lipinski definition) is 1. The molecule has 0 fully saturated rings. The molecular formula is C29H17ClF6N2O. The molecule has 0 amide bonds. The number of benzene rings is 3. The van der Waals surface area contributed by atoms with Gasteiger partial charge in [-0.25, -0.2) is 4.98 Å². The Balaban J connectivity index is 1.91. The molecule has 0 aliphatic heterocycles. The maximum atomic E-state index is 14.7. The molecule has 0 saturated carbocycles. The number of aromatic nitrogens is 2. The summed E-state index contributed by atoms with van der Waals surface area (Å²) in [7, 11) is 0. The molecule has 5 rings (SSSR count). The van der Waals surface area contributed by atoms with Crippen molar-refractivity contribution >= 4 is 22.5 Å². The van der Waals surface area contributed by atoms with E-state index in [2.05, 4.69) is 9.97 Å². The summed E-state index contributed by atoms with van der Waals surface area (Å²) in [6.07, 6.45) is -7.57. The summed E-state index contributed by atoms with van der Waals surface area (Å²) in [5, 5.41) is 11.8. The first-order valence-corrected chi connectivity index (χ1v) is 11.9. The van der Waals surface area contributed by atoms with Gasteiger partial charge in [0.25, 0.3) is 0 Å². The van der Waals surface area contributed by atoms with E-state index in [0.717, 1.165) is 24.3 Å². The Morgan fingerprint density at radius 3 is 2.00 bits per heavy atom. The van der Waals surface area contributed by atoms with Crippen molar-refractivity contribution in [3.63, 3.8) is 0 Å². The van der Waals surface area contributed by atoms with E-state index < -0.39 is 45.7 Å². The van der Waals surface area contributed by atoms with Crippen molar-refractivity contribution in [1.82, 2.24) is 9.97 Å². The molecule has 2 heterocycles. The molecule has 0 saturated heterocycles. The van der Waals surface area contributed by atoms with Crippen LogP contribution in [-0.2, 0) is 18.0 Å². The zero-order valence-corrected chi connectivity index (χ0v) is 20.5. The molecular weight excluding hydrogens is 542 g/mol. The number of pyridine rings is 2. The van der Waals surface area contributed by atoms with E-state index in [1.165, 1.54) is 60.9 Å². The maximum absolute atomic E-state index is 14.7. The van der Waals surface area contributed by atoms with E-state index in [9.17, 15) is 31.4 Å². The normalized spacial score (nSPS) is 13.8. The summed E-state index contributed by atoms with van der Waals surface area (Å²) in [4.78, 5) is 7.67. The number of hydrogen-bond acceptors (Lipinski definition) is 3. The van der Waals surface area contributed by atoms with Crippen molar-refractivity contribution < 1.29 is 31.4 Å². The number of aliphatic hydroxyl groups is 1. The third-order valence-corrected chi connectivity index (χ3v) is 6.57. The Labute approximate surface area is 223 Å². The fourth-order valence-corrected chi connectivity index (χ4v) is 4.85. The van der Waals surface area contributed by atoms with E-state index in [4.69, 9.17) is 11.6 Å². The van der Waals surface area contributed by atoms with E-state index in [1.54, 1.807) is 12.1 Å². The van der Waals surface area contributed by atoms with Crippen LogP contribution in [0.2, 0.25) is 5.02 Å². The first-order valence-electron chi connectivity index (χ1n) is 11.5. The Kier molecular flexibility index (Phi) is 6.60. The number of halogens is 7. The van der Waals surface area contributed by atoms with Gasteiger partial charge < -0.3 is 5.11 Å². The highest BCUT2D eigenvalue weighted by Crippen LogP contribution is 2.48. The number of rotatable bonds is 4. The van der Waals surface area contributed by atoms with Gasteiger partial charge >= 0.3 is 12.4 Å². The van der Waals surface area contributed by atoms with Crippen LogP contribution >= 0.6 is 11.6 Å². The van der Waals surface area contributed by atoms with E-state index in [0.29, 0.717) is 0 Å². The molecule has 198 valence electrons. The molecule has 0 radical (unpaired) electrons. The minimum absolute atomic E-state index is 0.0451. The molecule has 1 N–H and O–H groups in total. The van der Waals surface area contributed by atoms with Crippen LogP contribution in [-0.4, -0.2) is 15.1 Å². The lowest BCUT2D eigenvalue weighted by Gasteiger charge is -2.30. The molecule has 10 heteroatoms. The minimum Gasteiger partial charge on any atom is -0.376 e. The minimum atomic E-state index is -5.20. The highest BCUT2D eigenvalue weighted by atomic mass is 35.5. The van der Waals surface area contributed by atoms with Crippen LogP contribution in [0.15, 0.2) is 97.3 Å². The van der Waals surface area contributed by atoms with Crippen LogP contribution in [0, 0.1) is 0 Å². The Morgan fingerprint density at radius 1 is 0.692 bits per heavy atom. The Bertz CT molecular complexity index is 1660. The SMILES string of the molecule is OC(c1cccnc1)(c1cccc(Cl)c1)c1ccc2nc(C(F)(F)F)c(-c3ccccc3)c(C(F)(F)F)c2c1. The van der Waals surface area contributed by atoms with Crippen LogP contribution in [0.3, 0.4) is 0 Å². The molecule has 5 aromatic rings. The highest BCUT2D eigenvalue weighted by Gasteiger charge is 2.45. The molecule has 0 aliphatic carbocycles. The summed E-state index contributed by atoms with van der Waals surface area (Å²) in [6.45, 7) is 0. The molecule has 3 aromatic carbocycles. The van der Waals surface area contributed by atoms with Crippen molar-refractivity contribution in [2.24, 2.45) is 0 Å². The van der Waals surface area contributed by atoms with Crippen LogP contribution in [0.25, 0.3) is 22.0 Å². The largest absolute Gasteiger partial charge is 0.433 e. The zero-order chi connectivity index (χ0) is 28.0. The van der Waals surface area contributed by atoms with Gasteiger partial charge in [0, 0.05) is 33.9 Å². The molecule has 1 unspecified atom stereocenters. The molecule has 0 bridgehead atoms. The van der Waals surface area contributed by atoms with Gasteiger partial charge in [0.2, 0.25) is 0 Å². The first kappa shape index (κ1) is 26.6. The van der Waals surface area contributed by atoms with Gasteiger partial charge in [-0.2, -0.15) is 26.3 Å². The predicted molar refractivity (Wildman–Crippen MR) is 135 cm³/mol. The van der Waals surface area contributed by atoms with Gasteiger partial charge in [-0.1, -0.05) is 66.2 Å². The average Bonchev–Trinajstić information content (AvgIpc) is 2.91. The van der Waals surface area contributed by atoms with E-state index >= 15 is 0 Å². The van der Waals surface area contributed by atoms with Crippen molar-refractivity contribution in [3.8, 4) is 11.1 Å². The summed E-state index contributed by atoms with van der Waals surface area (Å²) in [6, 6.07) is 19.0. The Morgan fingerprint density at radius 2 is 1.38 bits per heavy atom. The molecule has 39 heavy (non-hydrogen) atoms. The van der Waals surface area contributed by atoms with Crippen LogP contribution in [0.4, 0.5) is 26.3 Å².